The highest BCUT2D eigenvalue weighted by molar-refractivity contribution is 5.94. The van der Waals surface area contributed by atoms with E-state index in [1.807, 2.05) is 20.8 Å². The van der Waals surface area contributed by atoms with Crippen molar-refractivity contribution in [3.05, 3.63) is 12.2 Å². The molecule has 0 aromatic carbocycles. The van der Waals surface area contributed by atoms with Crippen LogP contribution in [0.3, 0.4) is 0 Å². The summed E-state index contributed by atoms with van der Waals surface area (Å²) in [6, 6.07) is 0. The van der Waals surface area contributed by atoms with Crippen LogP contribution in [-0.4, -0.2) is 36.6 Å². The molecule has 136 valence electrons. The van der Waals surface area contributed by atoms with E-state index in [0.717, 1.165) is 12.2 Å². The molecule has 0 fully saturated rings. The second-order valence-electron chi connectivity index (χ2n) is 6.33. The van der Waals surface area contributed by atoms with Crippen LogP contribution in [0.15, 0.2) is 12.2 Å². The van der Waals surface area contributed by atoms with Crippen molar-refractivity contribution >= 4 is 23.9 Å². The third-order valence-electron chi connectivity index (χ3n) is 2.60. The zero-order valence-electron chi connectivity index (χ0n) is 14.9. The molecule has 0 aliphatic rings. The predicted octanol–water partition coefficient (Wildman–Crippen LogP) is 2.32. The molecule has 1 unspecified atom stereocenters. The van der Waals surface area contributed by atoms with Crippen molar-refractivity contribution in [1.82, 2.24) is 0 Å². The van der Waals surface area contributed by atoms with E-state index in [1.165, 1.54) is 0 Å². The summed E-state index contributed by atoms with van der Waals surface area (Å²) in [6.07, 6.45) is 1.39. The van der Waals surface area contributed by atoms with Gasteiger partial charge in [0.25, 0.3) is 0 Å². The van der Waals surface area contributed by atoms with Crippen molar-refractivity contribution in [1.29, 1.82) is 0 Å². The molecular formula is C17H26O7. The van der Waals surface area contributed by atoms with Crippen LogP contribution in [0, 0.1) is 5.41 Å². The third-order valence-corrected chi connectivity index (χ3v) is 2.60. The summed E-state index contributed by atoms with van der Waals surface area (Å²) in [5.74, 6) is -3.16. The number of rotatable bonds is 8. The quantitative estimate of drug-likeness (QED) is 0.289. The van der Waals surface area contributed by atoms with Gasteiger partial charge in [-0.15, -0.1) is 0 Å². The molecule has 0 aromatic rings. The van der Waals surface area contributed by atoms with Gasteiger partial charge >= 0.3 is 23.9 Å². The summed E-state index contributed by atoms with van der Waals surface area (Å²) >= 11 is 0. The van der Waals surface area contributed by atoms with Gasteiger partial charge in [-0.3, -0.25) is 4.79 Å². The number of carbonyl (C=O) groups excluding carboxylic acids is 4. The molecule has 7 nitrogen and oxygen atoms in total. The van der Waals surface area contributed by atoms with Gasteiger partial charge in [0.2, 0.25) is 0 Å². The number of hydrogen-bond acceptors (Lipinski definition) is 7. The summed E-state index contributed by atoms with van der Waals surface area (Å²) in [5.41, 5.74) is -0.323. The number of carbonyl (C=O) groups is 4. The number of ether oxygens (including phenoxy) is 3. The van der Waals surface area contributed by atoms with Gasteiger partial charge in [0.15, 0.2) is 6.10 Å². The second-order valence-corrected chi connectivity index (χ2v) is 6.33. The fourth-order valence-corrected chi connectivity index (χ4v) is 1.64. The lowest BCUT2D eigenvalue weighted by Crippen LogP contribution is -2.31. The smallest absolute Gasteiger partial charge is 0.355 e. The standard InChI is InChI=1S/C17H26O7/c1-6-8-12(16(21)24-15(20)11-17(3,4)5)23-14(19)10-9-13(18)22-7-2/h9-10,12H,6-8,11H2,1-5H3/b10-9+. The van der Waals surface area contributed by atoms with E-state index in [4.69, 9.17) is 9.47 Å². The Hall–Kier alpha value is -2.18. The van der Waals surface area contributed by atoms with Crippen LogP contribution in [0.25, 0.3) is 0 Å². The largest absolute Gasteiger partial charge is 0.463 e. The first-order chi connectivity index (χ1) is 11.1. The summed E-state index contributed by atoms with van der Waals surface area (Å²) in [4.78, 5) is 46.4. The second kappa shape index (κ2) is 10.6. The summed E-state index contributed by atoms with van der Waals surface area (Å²) in [5, 5.41) is 0. The van der Waals surface area contributed by atoms with Gasteiger partial charge in [0, 0.05) is 12.2 Å². The van der Waals surface area contributed by atoms with Crippen LogP contribution < -0.4 is 0 Å². The molecule has 24 heavy (non-hydrogen) atoms. The fraction of sp³-hybridized carbons (Fsp3) is 0.647. The van der Waals surface area contributed by atoms with E-state index in [0.29, 0.717) is 6.42 Å². The van der Waals surface area contributed by atoms with Crippen LogP contribution in [-0.2, 0) is 33.4 Å². The van der Waals surface area contributed by atoms with Gasteiger partial charge in [0.05, 0.1) is 13.0 Å². The van der Waals surface area contributed by atoms with E-state index in [1.54, 1.807) is 13.8 Å². The van der Waals surface area contributed by atoms with Gasteiger partial charge in [-0.25, -0.2) is 14.4 Å². The Morgan fingerprint density at radius 1 is 1.00 bits per heavy atom. The molecule has 0 amide bonds. The maximum Gasteiger partial charge on any atom is 0.355 e. The molecular weight excluding hydrogens is 316 g/mol. The van der Waals surface area contributed by atoms with Crippen LogP contribution >= 0.6 is 0 Å². The Balaban J connectivity index is 4.67. The van der Waals surface area contributed by atoms with Crippen molar-refractivity contribution < 1.29 is 33.4 Å². The minimum absolute atomic E-state index is 0.0638. The Bertz CT molecular complexity index is 486. The minimum atomic E-state index is -1.20. The Morgan fingerprint density at radius 2 is 1.58 bits per heavy atom. The molecule has 0 heterocycles. The summed E-state index contributed by atoms with van der Waals surface area (Å²) < 4.78 is 14.3. The van der Waals surface area contributed by atoms with Gasteiger partial charge in [-0.1, -0.05) is 34.1 Å². The number of esters is 4. The minimum Gasteiger partial charge on any atom is -0.463 e. The topological polar surface area (TPSA) is 96.0 Å². The molecule has 0 rings (SSSR count). The lowest BCUT2D eigenvalue weighted by molar-refractivity contribution is -0.173. The highest BCUT2D eigenvalue weighted by Crippen LogP contribution is 2.19. The van der Waals surface area contributed by atoms with E-state index < -0.39 is 30.0 Å². The Kier molecular flexibility index (Phi) is 9.61. The van der Waals surface area contributed by atoms with Gasteiger partial charge < -0.3 is 14.2 Å². The molecule has 0 bridgehead atoms. The van der Waals surface area contributed by atoms with Crippen LogP contribution in [0.4, 0.5) is 0 Å². The van der Waals surface area contributed by atoms with Gasteiger partial charge in [-0.2, -0.15) is 0 Å². The highest BCUT2D eigenvalue weighted by atomic mass is 16.6. The van der Waals surface area contributed by atoms with Crippen molar-refractivity contribution in [3.63, 3.8) is 0 Å². The fourth-order valence-electron chi connectivity index (χ4n) is 1.64. The van der Waals surface area contributed by atoms with E-state index in [2.05, 4.69) is 4.74 Å². The lowest BCUT2D eigenvalue weighted by Gasteiger charge is -2.18. The predicted molar refractivity (Wildman–Crippen MR) is 85.7 cm³/mol. The van der Waals surface area contributed by atoms with E-state index in [9.17, 15) is 19.2 Å². The molecule has 0 aliphatic carbocycles. The summed E-state index contributed by atoms with van der Waals surface area (Å²) in [6.45, 7) is 9.11. The first-order valence-electron chi connectivity index (χ1n) is 7.89. The highest BCUT2D eigenvalue weighted by Gasteiger charge is 2.27. The van der Waals surface area contributed by atoms with Crippen LogP contribution in [0.5, 0.6) is 0 Å². The molecule has 0 aromatic heterocycles. The van der Waals surface area contributed by atoms with Crippen molar-refractivity contribution in [2.75, 3.05) is 6.61 Å². The average molecular weight is 342 g/mol. The van der Waals surface area contributed by atoms with E-state index in [-0.39, 0.29) is 24.9 Å². The molecule has 0 saturated carbocycles. The monoisotopic (exact) mass is 342 g/mol. The first kappa shape index (κ1) is 21.8. The Morgan fingerprint density at radius 3 is 2.08 bits per heavy atom. The zero-order chi connectivity index (χ0) is 18.8. The molecule has 0 N–H and O–H groups in total. The third kappa shape index (κ3) is 10.5. The van der Waals surface area contributed by atoms with E-state index >= 15 is 0 Å². The Labute approximate surface area is 142 Å². The molecule has 1 atom stereocenters. The van der Waals surface area contributed by atoms with Gasteiger partial charge in [0.1, 0.15) is 0 Å². The van der Waals surface area contributed by atoms with Crippen molar-refractivity contribution in [3.8, 4) is 0 Å². The molecule has 0 radical (unpaired) electrons. The first-order valence-corrected chi connectivity index (χ1v) is 7.89. The van der Waals surface area contributed by atoms with Gasteiger partial charge in [-0.05, 0) is 18.8 Å². The maximum absolute atomic E-state index is 12.0. The van der Waals surface area contributed by atoms with Crippen molar-refractivity contribution in [2.45, 2.75) is 60.0 Å². The normalized spacial score (nSPS) is 12.5. The van der Waals surface area contributed by atoms with Crippen molar-refractivity contribution in [2.24, 2.45) is 5.41 Å². The van der Waals surface area contributed by atoms with Crippen LogP contribution in [0.2, 0.25) is 0 Å². The van der Waals surface area contributed by atoms with Crippen LogP contribution in [0.1, 0.15) is 53.9 Å². The average Bonchev–Trinajstić information content (AvgIpc) is 2.42. The summed E-state index contributed by atoms with van der Waals surface area (Å²) in [7, 11) is 0. The molecule has 0 saturated heterocycles. The molecule has 7 heteroatoms. The zero-order valence-corrected chi connectivity index (χ0v) is 14.9. The lowest BCUT2D eigenvalue weighted by atomic mass is 9.92. The molecule has 0 aliphatic heterocycles. The number of hydrogen-bond donors (Lipinski definition) is 0. The SMILES string of the molecule is CCCC(OC(=O)/C=C/C(=O)OCC)C(=O)OC(=O)CC(C)(C)C. The molecule has 0 spiro atoms. The maximum atomic E-state index is 12.0.